The Morgan fingerprint density at radius 2 is 2.18 bits per heavy atom. The minimum atomic E-state index is -0.876. The monoisotopic (exact) mass is 386 g/mol. The van der Waals surface area contributed by atoms with E-state index < -0.39 is 11.7 Å². The average molecular weight is 386 g/mol. The Kier molecular flexibility index (Phi) is 5.06. The summed E-state index contributed by atoms with van der Waals surface area (Å²) in [6.45, 7) is 0.352. The fourth-order valence-corrected chi connectivity index (χ4v) is 3.84. The van der Waals surface area contributed by atoms with Gasteiger partial charge in [0.25, 0.3) is 5.91 Å². The first kappa shape index (κ1) is 18.5. The highest BCUT2D eigenvalue weighted by Crippen LogP contribution is 2.34. The Morgan fingerprint density at radius 1 is 1.32 bits per heavy atom. The second-order valence-corrected chi connectivity index (χ2v) is 7.66. The van der Waals surface area contributed by atoms with Gasteiger partial charge in [-0.1, -0.05) is 0 Å². The summed E-state index contributed by atoms with van der Waals surface area (Å²) in [6.07, 6.45) is 7.54. The summed E-state index contributed by atoms with van der Waals surface area (Å²) in [5.41, 5.74) is 0.0282. The Bertz CT molecular complexity index is 852. The number of carbonyl (C=O) groups excluding carboxylic acids is 2. The lowest BCUT2D eigenvalue weighted by Gasteiger charge is -2.43. The Hall–Kier alpha value is -2.84. The second kappa shape index (κ2) is 7.65. The highest BCUT2D eigenvalue weighted by Gasteiger charge is 2.41. The fourth-order valence-electron chi connectivity index (χ4n) is 3.84. The molecule has 2 amide bonds. The van der Waals surface area contributed by atoms with Crippen molar-refractivity contribution in [2.75, 3.05) is 6.54 Å². The molecule has 2 aliphatic rings. The summed E-state index contributed by atoms with van der Waals surface area (Å²) >= 11 is 0. The molecule has 2 fully saturated rings. The number of nitrogens with one attached hydrogen (secondary N) is 2. The highest BCUT2D eigenvalue weighted by molar-refractivity contribution is 5.94. The first-order valence-corrected chi connectivity index (χ1v) is 9.60. The largest absolute Gasteiger partial charge is 0.350 e. The lowest BCUT2D eigenvalue weighted by Crippen LogP contribution is -2.60. The number of halogens is 1. The van der Waals surface area contributed by atoms with E-state index in [9.17, 15) is 14.0 Å². The van der Waals surface area contributed by atoms with Crippen molar-refractivity contribution in [3.8, 4) is 5.82 Å². The number of aromatic nitrogens is 4. The van der Waals surface area contributed by atoms with Crippen LogP contribution in [0.3, 0.4) is 0 Å². The molecule has 2 aromatic heterocycles. The number of amides is 2. The first-order valence-electron chi connectivity index (χ1n) is 9.60. The van der Waals surface area contributed by atoms with E-state index >= 15 is 0 Å². The zero-order chi connectivity index (χ0) is 19.6. The zero-order valence-corrected chi connectivity index (χ0v) is 15.5. The van der Waals surface area contributed by atoms with Gasteiger partial charge in [-0.3, -0.25) is 9.59 Å². The van der Waals surface area contributed by atoms with Crippen LogP contribution in [-0.4, -0.2) is 49.8 Å². The number of nitrogens with zero attached hydrogens (tertiary/aromatic N) is 4. The van der Waals surface area contributed by atoms with Crippen LogP contribution in [0.1, 0.15) is 48.9 Å². The SMILES string of the molecule is O=C(NCC1(NC(=O)C2CCC(F)C2)CCC1)c1ccnc(-n2cncn2)c1. The predicted octanol–water partition coefficient (Wildman–Crippen LogP) is 1.57. The van der Waals surface area contributed by atoms with Gasteiger partial charge in [0.2, 0.25) is 5.91 Å². The van der Waals surface area contributed by atoms with E-state index in [-0.39, 0.29) is 17.7 Å². The van der Waals surface area contributed by atoms with E-state index in [1.807, 2.05) is 0 Å². The van der Waals surface area contributed by atoms with Crippen LogP contribution < -0.4 is 10.6 Å². The van der Waals surface area contributed by atoms with Gasteiger partial charge >= 0.3 is 0 Å². The van der Waals surface area contributed by atoms with Gasteiger partial charge in [0.05, 0.1) is 5.54 Å². The Balaban J connectivity index is 1.37. The lowest BCUT2D eigenvalue weighted by atomic mass is 9.76. The molecule has 2 unspecified atom stereocenters. The second-order valence-electron chi connectivity index (χ2n) is 7.66. The number of alkyl halides is 1. The van der Waals surface area contributed by atoms with Gasteiger partial charge in [-0.05, 0) is 50.7 Å². The van der Waals surface area contributed by atoms with Gasteiger partial charge in [0.15, 0.2) is 5.82 Å². The standard InChI is InChI=1S/C19H23FN6O2/c20-15-3-2-13(8-15)18(28)25-19(5-1-6-19)10-23-17(27)14-4-7-22-16(9-14)26-12-21-11-24-26/h4,7,9,11-13,15H,1-3,5-6,8,10H2,(H,23,27)(H,25,28). The number of hydrogen-bond acceptors (Lipinski definition) is 5. The van der Waals surface area contributed by atoms with Crippen LogP contribution in [0.4, 0.5) is 4.39 Å². The quantitative estimate of drug-likeness (QED) is 0.785. The van der Waals surface area contributed by atoms with Crippen LogP contribution in [0.5, 0.6) is 0 Å². The molecular weight excluding hydrogens is 363 g/mol. The topological polar surface area (TPSA) is 102 Å². The van der Waals surface area contributed by atoms with E-state index in [2.05, 4.69) is 25.7 Å². The van der Waals surface area contributed by atoms with E-state index in [1.165, 1.54) is 17.3 Å². The minimum Gasteiger partial charge on any atom is -0.350 e. The molecule has 2 aromatic rings. The van der Waals surface area contributed by atoms with Gasteiger partial charge in [-0.25, -0.2) is 19.0 Å². The molecule has 0 radical (unpaired) electrons. The molecule has 9 heteroatoms. The van der Waals surface area contributed by atoms with Crippen molar-refractivity contribution in [1.29, 1.82) is 0 Å². The number of pyridine rings is 1. The van der Waals surface area contributed by atoms with Crippen LogP contribution in [0.15, 0.2) is 31.0 Å². The summed E-state index contributed by atoms with van der Waals surface area (Å²) in [5, 5.41) is 10.0. The van der Waals surface area contributed by atoms with Crippen molar-refractivity contribution < 1.29 is 14.0 Å². The third-order valence-electron chi connectivity index (χ3n) is 5.69. The molecule has 8 nitrogen and oxygen atoms in total. The normalized spacial score (nSPS) is 23.0. The Labute approximate surface area is 161 Å². The summed E-state index contributed by atoms with van der Waals surface area (Å²) in [4.78, 5) is 33.1. The van der Waals surface area contributed by atoms with Crippen molar-refractivity contribution in [3.63, 3.8) is 0 Å². The predicted molar refractivity (Wildman–Crippen MR) is 98.4 cm³/mol. The zero-order valence-electron chi connectivity index (χ0n) is 15.5. The molecular formula is C19H23FN6O2. The maximum absolute atomic E-state index is 13.4. The highest BCUT2D eigenvalue weighted by atomic mass is 19.1. The van der Waals surface area contributed by atoms with Crippen molar-refractivity contribution in [2.45, 2.75) is 50.2 Å². The Morgan fingerprint density at radius 3 is 2.82 bits per heavy atom. The summed E-state index contributed by atoms with van der Waals surface area (Å²) in [5.74, 6) is -0.0899. The molecule has 0 saturated heterocycles. The first-order chi connectivity index (χ1) is 13.5. The van der Waals surface area contributed by atoms with E-state index in [1.54, 1.807) is 18.3 Å². The molecule has 0 aliphatic heterocycles. The van der Waals surface area contributed by atoms with Crippen molar-refractivity contribution in [3.05, 3.63) is 36.5 Å². The van der Waals surface area contributed by atoms with E-state index in [0.717, 1.165) is 19.3 Å². The minimum absolute atomic E-state index is 0.0912. The molecule has 2 saturated carbocycles. The van der Waals surface area contributed by atoms with Crippen molar-refractivity contribution >= 4 is 11.8 Å². The van der Waals surface area contributed by atoms with E-state index in [0.29, 0.717) is 37.2 Å². The molecule has 2 N–H and O–H groups in total. The van der Waals surface area contributed by atoms with Gasteiger partial charge in [0, 0.05) is 24.2 Å². The van der Waals surface area contributed by atoms with Crippen LogP contribution in [-0.2, 0) is 4.79 Å². The lowest BCUT2D eigenvalue weighted by molar-refractivity contribution is -0.128. The number of hydrogen-bond donors (Lipinski definition) is 2. The molecule has 0 spiro atoms. The molecule has 0 bridgehead atoms. The number of carbonyl (C=O) groups is 2. The smallest absolute Gasteiger partial charge is 0.251 e. The number of rotatable bonds is 6. The molecule has 0 aromatic carbocycles. The molecule has 148 valence electrons. The average Bonchev–Trinajstić information content (AvgIpc) is 3.35. The molecule has 2 aliphatic carbocycles. The van der Waals surface area contributed by atoms with Crippen molar-refractivity contribution in [2.24, 2.45) is 5.92 Å². The van der Waals surface area contributed by atoms with Gasteiger partial charge in [-0.2, -0.15) is 5.10 Å². The van der Waals surface area contributed by atoms with Crippen LogP contribution in [0, 0.1) is 5.92 Å². The van der Waals surface area contributed by atoms with Crippen LogP contribution >= 0.6 is 0 Å². The van der Waals surface area contributed by atoms with Gasteiger partial charge in [-0.15, -0.1) is 0 Å². The maximum atomic E-state index is 13.4. The van der Waals surface area contributed by atoms with E-state index in [4.69, 9.17) is 0 Å². The summed E-state index contributed by atoms with van der Waals surface area (Å²) in [6, 6.07) is 3.26. The molecule has 28 heavy (non-hydrogen) atoms. The maximum Gasteiger partial charge on any atom is 0.251 e. The van der Waals surface area contributed by atoms with Gasteiger partial charge < -0.3 is 10.6 Å². The third-order valence-corrected chi connectivity index (χ3v) is 5.69. The summed E-state index contributed by atoms with van der Waals surface area (Å²) in [7, 11) is 0. The summed E-state index contributed by atoms with van der Waals surface area (Å²) < 4.78 is 14.9. The third kappa shape index (κ3) is 3.88. The molecule has 4 rings (SSSR count). The van der Waals surface area contributed by atoms with Crippen molar-refractivity contribution in [1.82, 2.24) is 30.4 Å². The molecule has 2 atom stereocenters. The van der Waals surface area contributed by atoms with Gasteiger partial charge in [0.1, 0.15) is 18.8 Å². The van der Waals surface area contributed by atoms with Crippen LogP contribution in [0.25, 0.3) is 5.82 Å². The van der Waals surface area contributed by atoms with Crippen LogP contribution in [0.2, 0.25) is 0 Å². The fraction of sp³-hybridized carbons (Fsp3) is 0.526. The molecule has 2 heterocycles.